The van der Waals surface area contributed by atoms with Gasteiger partial charge in [-0.15, -0.1) is 0 Å². The molecule has 1 atom stereocenters. The summed E-state index contributed by atoms with van der Waals surface area (Å²) >= 11 is 0. The molecule has 0 radical (unpaired) electrons. The molecule has 0 aromatic heterocycles. The summed E-state index contributed by atoms with van der Waals surface area (Å²) in [6, 6.07) is 29.6. The van der Waals surface area contributed by atoms with E-state index in [0.717, 1.165) is 24.0 Å². The van der Waals surface area contributed by atoms with Gasteiger partial charge in [-0.05, 0) is 42.4 Å². The second-order valence-electron chi connectivity index (χ2n) is 7.70. The Morgan fingerprint density at radius 2 is 1.22 bits per heavy atom. The molecule has 0 heterocycles. The molecule has 32 heavy (non-hydrogen) atoms. The third kappa shape index (κ3) is 8.00. The van der Waals surface area contributed by atoms with Gasteiger partial charge in [-0.1, -0.05) is 91.0 Å². The van der Waals surface area contributed by atoms with Gasteiger partial charge >= 0.3 is 0 Å². The summed E-state index contributed by atoms with van der Waals surface area (Å²) < 4.78 is 0. The molecule has 0 fully saturated rings. The van der Waals surface area contributed by atoms with Crippen LogP contribution in [0.5, 0.6) is 0 Å². The van der Waals surface area contributed by atoms with Gasteiger partial charge in [0.2, 0.25) is 5.91 Å². The summed E-state index contributed by atoms with van der Waals surface area (Å²) in [7, 11) is 0. The van der Waals surface area contributed by atoms with E-state index in [0.29, 0.717) is 19.4 Å². The van der Waals surface area contributed by atoms with Crippen LogP contribution in [0.2, 0.25) is 0 Å². The quantitative estimate of drug-likeness (QED) is 0.257. The molecule has 3 aromatic carbocycles. The van der Waals surface area contributed by atoms with E-state index in [1.165, 1.54) is 5.56 Å². The molecule has 5 heteroatoms. The molecular formula is C27H30N2O3. The Morgan fingerprint density at radius 3 is 1.81 bits per heavy atom. The normalized spacial score (nSPS) is 11.5. The smallest absolute Gasteiger partial charge is 0.256 e. The van der Waals surface area contributed by atoms with Crippen molar-refractivity contribution >= 4 is 11.8 Å². The zero-order valence-electron chi connectivity index (χ0n) is 18.2. The van der Waals surface area contributed by atoms with Gasteiger partial charge in [0, 0.05) is 6.54 Å². The molecule has 0 aliphatic heterocycles. The van der Waals surface area contributed by atoms with E-state index in [4.69, 9.17) is 4.84 Å². The van der Waals surface area contributed by atoms with Crippen LogP contribution in [0.3, 0.4) is 0 Å². The molecule has 0 saturated heterocycles. The van der Waals surface area contributed by atoms with Gasteiger partial charge < -0.3 is 5.32 Å². The zero-order chi connectivity index (χ0) is 22.4. The molecule has 1 unspecified atom stereocenters. The highest BCUT2D eigenvalue weighted by atomic mass is 16.6. The summed E-state index contributed by atoms with van der Waals surface area (Å²) in [6.45, 7) is 0.768. The average Bonchev–Trinajstić information content (AvgIpc) is 2.84. The van der Waals surface area contributed by atoms with Crippen LogP contribution in [0.1, 0.15) is 29.5 Å². The molecule has 3 aromatic rings. The first kappa shape index (κ1) is 23.2. The van der Waals surface area contributed by atoms with Gasteiger partial charge in [0.25, 0.3) is 5.91 Å². The Bertz CT molecular complexity index is 946. The van der Waals surface area contributed by atoms with Gasteiger partial charge in [-0.2, -0.15) is 0 Å². The zero-order valence-corrected chi connectivity index (χ0v) is 18.2. The number of hydrogen-bond donors (Lipinski definition) is 2. The average molecular weight is 431 g/mol. The van der Waals surface area contributed by atoms with Crippen molar-refractivity contribution in [2.75, 3.05) is 6.54 Å². The largest absolute Gasteiger partial charge is 0.355 e. The maximum Gasteiger partial charge on any atom is 0.256 e. The lowest BCUT2D eigenvalue weighted by Crippen LogP contribution is -2.42. The van der Waals surface area contributed by atoms with E-state index in [1.54, 1.807) is 0 Å². The van der Waals surface area contributed by atoms with Crippen molar-refractivity contribution in [2.24, 2.45) is 5.92 Å². The lowest BCUT2D eigenvalue weighted by atomic mass is 9.98. The topological polar surface area (TPSA) is 67.4 Å². The number of hydroxylamine groups is 1. The fourth-order valence-electron chi connectivity index (χ4n) is 3.44. The minimum Gasteiger partial charge on any atom is -0.355 e. The van der Waals surface area contributed by atoms with Gasteiger partial charge in [0.15, 0.2) is 0 Å². The van der Waals surface area contributed by atoms with E-state index < -0.39 is 11.8 Å². The monoisotopic (exact) mass is 430 g/mol. The van der Waals surface area contributed by atoms with Crippen LogP contribution < -0.4 is 10.8 Å². The highest BCUT2D eigenvalue weighted by molar-refractivity contribution is 5.99. The van der Waals surface area contributed by atoms with Crippen molar-refractivity contribution in [2.45, 2.75) is 32.3 Å². The molecule has 2 amide bonds. The second-order valence-corrected chi connectivity index (χ2v) is 7.70. The first-order valence-electron chi connectivity index (χ1n) is 11.0. The van der Waals surface area contributed by atoms with Crippen molar-refractivity contribution < 1.29 is 14.4 Å². The minimum absolute atomic E-state index is 0.247. The number of hydrogen-bond acceptors (Lipinski definition) is 3. The standard InChI is InChI=1S/C27H30N2O3/c30-26(28-20-10-17-22-11-4-1-5-12-22)25(19-18-23-13-6-2-7-14-23)27(31)29-32-21-24-15-8-3-9-16-24/h1-9,11-16,25H,10,17-21H2,(H,28,30)(H,29,31). The van der Waals surface area contributed by atoms with Crippen LogP contribution in [-0.4, -0.2) is 18.4 Å². The highest BCUT2D eigenvalue weighted by Gasteiger charge is 2.26. The number of rotatable bonds is 12. The van der Waals surface area contributed by atoms with Crippen molar-refractivity contribution in [1.29, 1.82) is 0 Å². The van der Waals surface area contributed by atoms with E-state index in [-0.39, 0.29) is 12.5 Å². The van der Waals surface area contributed by atoms with E-state index in [1.807, 2.05) is 78.9 Å². The first-order chi connectivity index (χ1) is 15.7. The van der Waals surface area contributed by atoms with Gasteiger partial charge in [0.05, 0.1) is 6.61 Å². The van der Waals surface area contributed by atoms with Crippen molar-refractivity contribution in [3.05, 3.63) is 108 Å². The molecule has 2 N–H and O–H groups in total. The Labute approximate surface area is 189 Å². The van der Waals surface area contributed by atoms with E-state index >= 15 is 0 Å². The van der Waals surface area contributed by atoms with Crippen LogP contribution in [-0.2, 0) is 33.9 Å². The molecule has 0 bridgehead atoms. The number of nitrogens with one attached hydrogen (secondary N) is 2. The summed E-state index contributed by atoms with van der Waals surface area (Å²) in [5, 5.41) is 2.92. The number of carbonyl (C=O) groups excluding carboxylic acids is 2. The van der Waals surface area contributed by atoms with Crippen LogP contribution in [0, 0.1) is 5.92 Å². The predicted molar refractivity (Wildman–Crippen MR) is 125 cm³/mol. The molecule has 166 valence electrons. The van der Waals surface area contributed by atoms with Gasteiger partial charge in [-0.3, -0.25) is 14.4 Å². The number of aryl methyl sites for hydroxylation is 2. The lowest BCUT2D eigenvalue weighted by Gasteiger charge is -2.17. The highest BCUT2D eigenvalue weighted by Crippen LogP contribution is 2.12. The number of carbonyl (C=O) groups is 2. The van der Waals surface area contributed by atoms with Gasteiger partial charge in [-0.25, -0.2) is 5.48 Å². The molecular weight excluding hydrogens is 400 g/mol. The maximum absolute atomic E-state index is 12.8. The van der Waals surface area contributed by atoms with E-state index in [9.17, 15) is 9.59 Å². The third-order valence-corrected chi connectivity index (χ3v) is 5.24. The summed E-state index contributed by atoms with van der Waals surface area (Å²) in [5.41, 5.74) is 5.73. The van der Waals surface area contributed by atoms with Crippen molar-refractivity contribution in [3.8, 4) is 0 Å². The molecule has 0 spiro atoms. The maximum atomic E-state index is 12.8. The Kier molecular flexibility index (Phi) is 9.49. The van der Waals surface area contributed by atoms with Crippen LogP contribution in [0.25, 0.3) is 0 Å². The molecule has 0 aliphatic rings. The number of amides is 2. The summed E-state index contributed by atoms with van der Waals surface area (Å²) in [5.74, 6) is -1.50. The Morgan fingerprint density at radius 1 is 0.688 bits per heavy atom. The molecule has 5 nitrogen and oxygen atoms in total. The van der Waals surface area contributed by atoms with Crippen molar-refractivity contribution in [3.63, 3.8) is 0 Å². The molecule has 0 aliphatic carbocycles. The Balaban J connectivity index is 1.51. The summed E-state index contributed by atoms with van der Waals surface area (Å²) in [4.78, 5) is 30.9. The minimum atomic E-state index is -0.817. The first-order valence-corrected chi connectivity index (χ1v) is 11.0. The van der Waals surface area contributed by atoms with Crippen LogP contribution in [0.4, 0.5) is 0 Å². The predicted octanol–water partition coefficient (Wildman–Crippen LogP) is 4.23. The fourth-order valence-corrected chi connectivity index (χ4v) is 3.44. The van der Waals surface area contributed by atoms with Gasteiger partial charge in [0.1, 0.15) is 5.92 Å². The number of benzene rings is 3. The SMILES string of the molecule is O=C(NCCCc1ccccc1)C(CCc1ccccc1)C(=O)NOCc1ccccc1. The fraction of sp³-hybridized carbons (Fsp3) is 0.259. The van der Waals surface area contributed by atoms with Crippen LogP contribution in [0.15, 0.2) is 91.0 Å². The van der Waals surface area contributed by atoms with Crippen LogP contribution >= 0.6 is 0 Å². The molecule has 0 saturated carbocycles. The second kappa shape index (κ2) is 13.1. The van der Waals surface area contributed by atoms with Crippen molar-refractivity contribution in [1.82, 2.24) is 10.8 Å². The lowest BCUT2D eigenvalue weighted by molar-refractivity contribution is -0.144. The van der Waals surface area contributed by atoms with E-state index in [2.05, 4.69) is 22.9 Å². The third-order valence-electron chi connectivity index (χ3n) is 5.24. The molecule has 3 rings (SSSR count). The summed E-state index contributed by atoms with van der Waals surface area (Å²) in [6.07, 6.45) is 2.74. The Hall–Kier alpha value is -3.44.